The smallest absolute Gasteiger partial charge is 0.236 e. The molecule has 0 atom stereocenters. The number of likely N-dealkylation sites (tertiary alicyclic amines) is 1. The first-order chi connectivity index (χ1) is 9.60. The van der Waals surface area contributed by atoms with Crippen molar-refractivity contribution in [2.45, 2.75) is 19.4 Å². The molecule has 0 bridgehead atoms. The van der Waals surface area contributed by atoms with Crippen molar-refractivity contribution in [1.82, 2.24) is 9.80 Å². The van der Waals surface area contributed by atoms with Gasteiger partial charge in [0.25, 0.3) is 0 Å². The van der Waals surface area contributed by atoms with Crippen LogP contribution in [0.1, 0.15) is 18.4 Å². The summed E-state index contributed by atoms with van der Waals surface area (Å²) >= 11 is 0. The number of anilines is 1. The number of rotatable bonds is 5. The van der Waals surface area contributed by atoms with Crippen LogP contribution < -0.4 is 10.5 Å². The minimum absolute atomic E-state index is 0.214. The third kappa shape index (κ3) is 3.63. The largest absolute Gasteiger partial charge is 0.495 e. The number of benzene rings is 1. The van der Waals surface area contributed by atoms with Crippen LogP contribution in [0.3, 0.4) is 0 Å². The van der Waals surface area contributed by atoms with Gasteiger partial charge >= 0.3 is 0 Å². The Bertz CT molecular complexity index is 470. The summed E-state index contributed by atoms with van der Waals surface area (Å²) in [6, 6.07) is 5.74. The first-order valence-electron chi connectivity index (χ1n) is 6.99. The van der Waals surface area contributed by atoms with Crippen molar-refractivity contribution in [3.8, 4) is 5.75 Å². The minimum Gasteiger partial charge on any atom is -0.495 e. The zero-order valence-electron chi connectivity index (χ0n) is 12.3. The molecule has 1 aliphatic rings. The number of carbonyl (C=O) groups excluding carboxylic acids is 1. The summed E-state index contributed by atoms with van der Waals surface area (Å²) in [5, 5.41) is 0. The standard InChI is InChI=1S/C15H23N3O2/c1-17(11-15(19)18-7-3-4-8-18)10-12-5-6-14(20-2)13(16)9-12/h5-6,9H,3-4,7-8,10-11,16H2,1-2H3. The lowest BCUT2D eigenvalue weighted by molar-refractivity contribution is -0.131. The SMILES string of the molecule is COc1ccc(CN(C)CC(=O)N2CCCC2)cc1N. The van der Waals surface area contributed by atoms with Gasteiger partial charge in [-0.3, -0.25) is 9.69 Å². The summed E-state index contributed by atoms with van der Waals surface area (Å²) in [6.07, 6.45) is 2.26. The number of likely N-dealkylation sites (N-methyl/N-ethyl adjacent to an activating group) is 1. The number of hydrogen-bond donors (Lipinski definition) is 1. The van der Waals surface area contributed by atoms with Gasteiger partial charge in [0.15, 0.2) is 0 Å². The van der Waals surface area contributed by atoms with E-state index >= 15 is 0 Å². The predicted molar refractivity (Wildman–Crippen MR) is 79.6 cm³/mol. The zero-order chi connectivity index (χ0) is 14.5. The maximum Gasteiger partial charge on any atom is 0.236 e. The molecule has 110 valence electrons. The van der Waals surface area contributed by atoms with Crippen molar-refractivity contribution in [3.63, 3.8) is 0 Å². The van der Waals surface area contributed by atoms with Gasteiger partial charge in [-0.05, 0) is 37.6 Å². The summed E-state index contributed by atoms with van der Waals surface area (Å²) < 4.78 is 5.14. The fraction of sp³-hybridized carbons (Fsp3) is 0.533. The third-order valence-electron chi connectivity index (χ3n) is 3.61. The number of amides is 1. The Balaban J connectivity index is 1.88. The summed E-state index contributed by atoms with van der Waals surface area (Å²) in [5.74, 6) is 0.899. The lowest BCUT2D eigenvalue weighted by atomic mass is 10.2. The molecule has 0 unspecified atom stereocenters. The monoisotopic (exact) mass is 277 g/mol. The first kappa shape index (κ1) is 14.7. The average molecular weight is 277 g/mol. The Morgan fingerprint density at radius 2 is 2.10 bits per heavy atom. The van der Waals surface area contributed by atoms with Gasteiger partial charge in [-0.2, -0.15) is 0 Å². The zero-order valence-corrected chi connectivity index (χ0v) is 12.3. The lowest BCUT2D eigenvalue weighted by Crippen LogP contribution is -2.36. The average Bonchev–Trinajstić information content (AvgIpc) is 2.92. The van der Waals surface area contributed by atoms with Crippen LogP contribution in [0.25, 0.3) is 0 Å². The maximum absolute atomic E-state index is 12.1. The number of methoxy groups -OCH3 is 1. The molecule has 1 aliphatic heterocycles. The second kappa shape index (κ2) is 6.61. The highest BCUT2D eigenvalue weighted by atomic mass is 16.5. The molecule has 0 aromatic heterocycles. The molecule has 2 rings (SSSR count). The Kier molecular flexibility index (Phi) is 4.84. The van der Waals surface area contributed by atoms with E-state index in [1.807, 2.05) is 35.0 Å². The molecular weight excluding hydrogens is 254 g/mol. The molecule has 1 amide bonds. The molecule has 0 aliphatic carbocycles. The van der Waals surface area contributed by atoms with Crippen LogP contribution in [0, 0.1) is 0 Å². The molecule has 1 heterocycles. The van der Waals surface area contributed by atoms with Gasteiger partial charge in [0, 0.05) is 19.6 Å². The summed E-state index contributed by atoms with van der Waals surface area (Å²) in [6.45, 7) is 2.96. The minimum atomic E-state index is 0.214. The fourth-order valence-corrected chi connectivity index (χ4v) is 2.55. The van der Waals surface area contributed by atoms with Crippen molar-refractivity contribution in [2.24, 2.45) is 0 Å². The van der Waals surface area contributed by atoms with Crippen molar-refractivity contribution in [1.29, 1.82) is 0 Å². The number of hydrogen-bond acceptors (Lipinski definition) is 4. The number of nitrogens with zero attached hydrogens (tertiary/aromatic N) is 2. The summed E-state index contributed by atoms with van der Waals surface area (Å²) in [7, 11) is 3.56. The summed E-state index contributed by atoms with van der Waals surface area (Å²) in [4.78, 5) is 16.0. The van der Waals surface area contributed by atoms with Crippen molar-refractivity contribution < 1.29 is 9.53 Å². The highest BCUT2D eigenvalue weighted by Crippen LogP contribution is 2.22. The highest BCUT2D eigenvalue weighted by Gasteiger charge is 2.19. The number of nitrogens with two attached hydrogens (primary N) is 1. The van der Waals surface area contributed by atoms with Crippen LogP contribution in [0.5, 0.6) is 5.75 Å². The van der Waals surface area contributed by atoms with Crippen LogP contribution in [0.2, 0.25) is 0 Å². The molecular formula is C15H23N3O2. The Morgan fingerprint density at radius 1 is 1.40 bits per heavy atom. The van der Waals surface area contributed by atoms with E-state index in [2.05, 4.69) is 0 Å². The van der Waals surface area contributed by atoms with Crippen LogP contribution in [0.4, 0.5) is 5.69 Å². The quantitative estimate of drug-likeness (QED) is 0.825. The number of ether oxygens (including phenoxy) is 1. The molecule has 20 heavy (non-hydrogen) atoms. The van der Waals surface area contributed by atoms with Crippen LogP contribution in [-0.2, 0) is 11.3 Å². The van der Waals surface area contributed by atoms with Gasteiger partial charge in [0.1, 0.15) is 5.75 Å². The second-order valence-electron chi connectivity index (χ2n) is 5.34. The fourth-order valence-electron chi connectivity index (χ4n) is 2.55. The van der Waals surface area contributed by atoms with E-state index in [9.17, 15) is 4.79 Å². The van der Waals surface area contributed by atoms with E-state index in [0.29, 0.717) is 24.5 Å². The second-order valence-corrected chi connectivity index (χ2v) is 5.34. The maximum atomic E-state index is 12.1. The van der Waals surface area contributed by atoms with E-state index in [4.69, 9.17) is 10.5 Å². The van der Waals surface area contributed by atoms with E-state index in [1.165, 1.54) is 0 Å². The van der Waals surface area contributed by atoms with Crippen LogP contribution >= 0.6 is 0 Å². The number of carbonyl (C=O) groups is 1. The number of nitrogen functional groups attached to an aromatic ring is 1. The van der Waals surface area contributed by atoms with Crippen molar-refractivity contribution >= 4 is 11.6 Å². The molecule has 2 N–H and O–H groups in total. The molecule has 1 aromatic rings. The van der Waals surface area contributed by atoms with Gasteiger partial charge in [-0.15, -0.1) is 0 Å². The Labute approximate surface area is 120 Å². The highest BCUT2D eigenvalue weighted by molar-refractivity contribution is 5.78. The van der Waals surface area contributed by atoms with Crippen LogP contribution in [-0.4, -0.2) is 49.5 Å². The Morgan fingerprint density at radius 3 is 2.70 bits per heavy atom. The van der Waals surface area contributed by atoms with Crippen LogP contribution in [0.15, 0.2) is 18.2 Å². The van der Waals surface area contributed by atoms with Gasteiger partial charge in [0.05, 0.1) is 19.3 Å². The lowest BCUT2D eigenvalue weighted by Gasteiger charge is -2.21. The molecule has 1 saturated heterocycles. The Hall–Kier alpha value is -1.75. The molecule has 1 aromatic carbocycles. The van der Waals surface area contributed by atoms with Gasteiger partial charge in [-0.25, -0.2) is 0 Å². The van der Waals surface area contributed by atoms with Gasteiger partial charge in [-0.1, -0.05) is 6.07 Å². The summed E-state index contributed by atoms with van der Waals surface area (Å²) in [5.41, 5.74) is 7.60. The third-order valence-corrected chi connectivity index (χ3v) is 3.61. The van der Waals surface area contributed by atoms with Crippen molar-refractivity contribution in [3.05, 3.63) is 23.8 Å². The molecule has 0 radical (unpaired) electrons. The van der Waals surface area contributed by atoms with E-state index in [1.54, 1.807) is 7.11 Å². The van der Waals surface area contributed by atoms with E-state index in [0.717, 1.165) is 31.5 Å². The molecule has 1 fully saturated rings. The molecule has 5 nitrogen and oxygen atoms in total. The van der Waals surface area contributed by atoms with Gasteiger partial charge in [0.2, 0.25) is 5.91 Å². The van der Waals surface area contributed by atoms with Gasteiger partial charge < -0.3 is 15.4 Å². The molecule has 5 heteroatoms. The van der Waals surface area contributed by atoms with E-state index in [-0.39, 0.29) is 5.91 Å². The topological polar surface area (TPSA) is 58.8 Å². The predicted octanol–water partition coefficient (Wildman–Crippen LogP) is 1.33. The van der Waals surface area contributed by atoms with E-state index < -0.39 is 0 Å². The first-order valence-corrected chi connectivity index (χ1v) is 6.99. The molecule has 0 spiro atoms. The normalized spacial score (nSPS) is 14.8. The molecule has 0 saturated carbocycles. The van der Waals surface area contributed by atoms with Crippen molar-refractivity contribution in [2.75, 3.05) is 39.5 Å².